The van der Waals surface area contributed by atoms with Crippen molar-refractivity contribution in [2.75, 3.05) is 19.7 Å². The topological polar surface area (TPSA) is 38.5 Å². The van der Waals surface area contributed by atoms with Crippen LogP contribution < -0.4 is 10.5 Å². The normalized spacial score (nSPS) is 18.4. The molecule has 16 heavy (non-hydrogen) atoms. The highest BCUT2D eigenvalue weighted by atomic mass is 16.5. The molecule has 0 aliphatic carbocycles. The molecule has 0 spiro atoms. The van der Waals surface area contributed by atoms with Crippen LogP contribution in [0.25, 0.3) is 0 Å². The van der Waals surface area contributed by atoms with Crippen LogP contribution in [0.5, 0.6) is 5.75 Å². The number of benzene rings is 1. The minimum Gasteiger partial charge on any atom is -0.492 e. The van der Waals surface area contributed by atoms with Crippen LogP contribution in [0.2, 0.25) is 0 Å². The molecule has 2 N–H and O–H groups in total. The lowest BCUT2D eigenvalue weighted by atomic mass is 10.2. The van der Waals surface area contributed by atoms with Gasteiger partial charge >= 0.3 is 0 Å². The number of hydrogen-bond donors (Lipinski definition) is 1. The van der Waals surface area contributed by atoms with E-state index < -0.39 is 0 Å². The van der Waals surface area contributed by atoms with Crippen LogP contribution in [0.15, 0.2) is 24.3 Å². The first-order chi connectivity index (χ1) is 7.75. The second-order valence-electron chi connectivity index (χ2n) is 4.50. The van der Waals surface area contributed by atoms with E-state index >= 15 is 0 Å². The van der Waals surface area contributed by atoms with Crippen molar-refractivity contribution in [2.24, 2.45) is 5.73 Å². The van der Waals surface area contributed by atoms with Gasteiger partial charge in [0.2, 0.25) is 0 Å². The molecule has 0 radical (unpaired) electrons. The van der Waals surface area contributed by atoms with E-state index in [2.05, 4.69) is 24.0 Å². The smallest absolute Gasteiger partial charge is 0.123 e. The molecule has 3 nitrogen and oxygen atoms in total. The Kier molecular flexibility index (Phi) is 3.80. The Morgan fingerprint density at radius 2 is 2.25 bits per heavy atom. The van der Waals surface area contributed by atoms with Crippen molar-refractivity contribution < 1.29 is 4.74 Å². The maximum Gasteiger partial charge on any atom is 0.123 e. The number of hydrogen-bond acceptors (Lipinski definition) is 3. The van der Waals surface area contributed by atoms with Gasteiger partial charge in [0, 0.05) is 31.2 Å². The molecule has 0 bridgehead atoms. The van der Waals surface area contributed by atoms with Crippen molar-refractivity contribution in [3.8, 4) is 5.75 Å². The van der Waals surface area contributed by atoms with Gasteiger partial charge in [-0.25, -0.2) is 0 Å². The average Bonchev–Trinajstić information content (AvgIpc) is 2.47. The zero-order valence-corrected chi connectivity index (χ0v) is 9.86. The minimum absolute atomic E-state index is 0.277. The molecular formula is C13H20N2O. The highest BCUT2D eigenvalue weighted by Crippen LogP contribution is 2.22. The van der Waals surface area contributed by atoms with Crippen molar-refractivity contribution in [2.45, 2.75) is 25.9 Å². The van der Waals surface area contributed by atoms with Crippen molar-refractivity contribution in [3.63, 3.8) is 0 Å². The molecule has 0 aromatic heterocycles. The Labute approximate surface area is 97.2 Å². The maximum absolute atomic E-state index is 5.79. The van der Waals surface area contributed by atoms with Gasteiger partial charge in [-0.1, -0.05) is 18.2 Å². The molecule has 1 aliphatic heterocycles. The molecular weight excluding hydrogens is 200 g/mol. The van der Waals surface area contributed by atoms with Crippen molar-refractivity contribution >= 4 is 0 Å². The fourth-order valence-electron chi connectivity index (χ4n) is 1.96. The van der Waals surface area contributed by atoms with Crippen LogP contribution >= 0.6 is 0 Å². The molecule has 0 saturated heterocycles. The van der Waals surface area contributed by atoms with Crippen LogP contribution in [0.3, 0.4) is 0 Å². The summed E-state index contributed by atoms with van der Waals surface area (Å²) in [6.07, 6.45) is 1.04. The summed E-state index contributed by atoms with van der Waals surface area (Å²) in [6, 6.07) is 8.55. The zero-order chi connectivity index (χ0) is 11.4. The van der Waals surface area contributed by atoms with Gasteiger partial charge in [-0.05, 0) is 19.4 Å². The number of nitrogens with zero attached hydrogens (tertiary/aromatic N) is 1. The number of ether oxygens (including phenoxy) is 1. The summed E-state index contributed by atoms with van der Waals surface area (Å²) in [7, 11) is 0. The lowest BCUT2D eigenvalue weighted by molar-refractivity contribution is 0.221. The van der Waals surface area contributed by atoms with Crippen LogP contribution in [0, 0.1) is 0 Å². The molecule has 0 amide bonds. The molecule has 0 fully saturated rings. The lowest BCUT2D eigenvalue weighted by Crippen LogP contribution is -2.30. The largest absolute Gasteiger partial charge is 0.492 e. The van der Waals surface area contributed by atoms with E-state index in [-0.39, 0.29) is 6.04 Å². The van der Waals surface area contributed by atoms with Gasteiger partial charge < -0.3 is 10.5 Å². The third-order valence-electron chi connectivity index (χ3n) is 2.93. The first-order valence-electron chi connectivity index (χ1n) is 5.94. The Hall–Kier alpha value is -1.06. The van der Waals surface area contributed by atoms with Gasteiger partial charge in [0.15, 0.2) is 0 Å². The third-order valence-corrected chi connectivity index (χ3v) is 2.93. The van der Waals surface area contributed by atoms with E-state index in [1.807, 2.05) is 12.1 Å². The Morgan fingerprint density at radius 1 is 1.44 bits per heavy atom. The molecule has 1 unspecified atom stereocenters. The molecule has 1 heterocycles. The van der Waals surface area contributed by atoms with Crippen molar-refractivity contribution in [1.82, 2.24) is 4.90 Å². The van der Waals surface area contributed by atoms with E-state index in [1.165, 1.54) is 5.56 Å². The fraction of sp³-hybridized carbons (Fsp3) is 0.538. The summed E-state index contributed by atoms with van der Waals surface area (Å²) in [5.74, 6) is 1.03. The molecule has 1 aromatic rings. The van der Waals surface area contributed by atoms with Gasteiger partial charge in [0.1, 0.15) is 12.4 Å². The van der Waals surface area contributed by atoms with E-state index in [9.17, 15) is 0 Å². The van der Waals surface area contributed by atoms with Crippen molar-refractivity contribution in [3.05, 3.63) is 29.8 Å². The number of para-hydroxylation sites is 1. The molecule has 3 heteroatoms. The summed E-state index contributed by atoms with van der Waals surface area (Å²) in [5, 5.41) is 0. The van der Waals surface area contributed by atoms with Crippen LogP contribution in [-0.4, -0.2) is 30.6 Å². The summed E-state index contributed by atoms with van der Waals surface area (Å²) < 4.78 is 5.71. The second-order valence-corrected chi connectivity index (χ2v) is 4.50. The van der Waals surface area contributed by atoms with Gasteiger partial charge in [0.25, 0.3) is 0 Å². The third kappa shape index (κ3) is 2.97. The molecule has 1 aromatic carbocycles. The summed E-state index contributed by atoms with van der Waals surface area (Å²) in [4.78, 5) is 2.41. The van der Waals surface area contributed by atoms with E-state index in [0.29, 0.717) is 0 Å². The van der Waals surface area contributed by atoms with Gasteiger partial charge in [-0.2, -0.15) is 0 Å². The molecule has 2 rings (SSSR count). The van der Waals surface area contributed by atoms with Gasteiger partial charge in [-0.15, -0.1) is 0 Å². The predicted molar refractivity (Wildman–Crippen MR) is 65.5 cm³/mol. The highest BCUT2D eigenvalue weighted by Gasteiger charge is 2.14. The Bertz CT molecular complexity index is 338. The predicted octanol–water partition coefficient (Wildman–Crippen LogP) is 1.62. The first kappa shape index (κ1) is 11.4. The minimum atomic E-state index is 0.277. The molecule has 0 saturated carbocycles. The van der Waals surface area contributed by atoms with E-state index in [4.69, 9.17) is 10.5 Å². The monoisotopic (exact) mass is 220 g/mol. The number of fused-ring (bicyclic) bond motifs is 1. The first-order valence-corrected chi connectivity index (χ1v) is 5.94. The molecule has 1 aliphatic rings. The SMILES string of the molecule is CC(N)CCN1CCOc2ccccc2C1. The average molecular weight is 220 g/mol. The number of rotatable bonds is 3. The quantitative estimate of drug-likeness (QED) is 0.841. The second kappa shape index (κ2) is 5.32. The van der Waals surface area contributed by atoms with Crippen molar-refractivity contribution in [1.29, 1.82) is 0 Å². The summed E-state index contributed by atoms with van der Waals surface area (Å²) in [6.45, 7) is 5.85. The highest BCUT2D eigenvalue weighted by molar-refractivity contribution is 5.33. The molecule has 1 atom stereocenters. The van der Waals surface area contributed by atoms with Crippen LogP contribution in [0.4, 0.5) is 0 Å². The van der Waals surface area contributed by atoms with E-state index in [1.54, 1.807) is 0 Å². The van der Waals surface area contributed by atoms with Gasteiger partial charge in [0.05, 0.1) is 0 Å². The standard InChI is InChI=1S/C13H20N2O/c1-11(14)6-7-15-8-9-16-13-5-3-2-4-12(13)10-15/h2-5,11H,6-10,14H2,1H3. The summed E-state index contributed by atoms with van der Waals surface area (Å²) >= 11 is 0. The molecule has 88 valence electrons. The van der Waals surface area contributed by atoms with E-state index in [0.717, 1.165) is 38.4 Å². The van der Waals surface area contributed by atoms with Crippen LogP contribution in [0.1, 0.15) is 18.9 Å². The van der Waals surface area contributed by atoms with Gasteiger partial charge in [-0.3, -0.25) is 4.90 Å². The maximum atomic E-state index is 5.79. The number of nitrogens with two attached hydrogens (primary N) is 1. The zero-order valence-electron chi connectivity index (χ0n) is 9.86. The lowest BCUT2D eigenvalue weighted by Gasteiger charge is -2.20. The Morgan fingerprint density at radius 3 is 3.06 bits per heavy atom. The summed E-state index contributed by atoms with van der Waals surface area (Å²) in [5.41, 5.74) is 7.07. The van der Waals surface area contributed by atoms with Crippen LogP contribution in [-0.2, 0) is 6.54 Å². The fourth-order valence-corrected chi connectivity index (χ4v) is 1.96. The Balaban J connectivity index is 1.99.